The largest absolute Gasteiger partial charge is 0.379 e. The topological polar surface area (TPSA) is 85.2 Å². The quantitative estimate of drug-likeness (QED) is 0.414. The molecule has 3 heterocycles. The molecule has 1 aliphatic heterocycles. The molecule has 0 bridgehead atoms. The highest BCUT2D eigenvalue weighted by molar-refractivity contribution is 5.70. The number of aromatic nitrogens is 4. The molecule has 5 rings (SSSR count). The number of nitrogens with zero attached hydrogens (tertiary/aromatic N) is 5. The van der Waals surface area contributed by atoms with Gasteiger partial charge in [0.05, 0.1) is 30.0 Å². The molecule has 0 radical (unpaired) electrons. The number of nitriles is 1. The lowest BCUT2D eigenvalue weighted by Crippen LogP contribution is -2.35. The second-order valence-corrected chi connectivity index (χ2v) is 8.83. The Morgan fingerprint density at radius 2 is 2.11 bits per heavy atom. The summed E-state index contributed by atoms with van der Waals surface area (Å²) in [6, 6.07) is 14.1. The molecular formula is C27H26FN5O2. The van der Waals surface area contributed by atoms with Crippen LogP contribution in [-0.2, 0) is 17.6 Å². The van der Waals surface area contributed by atoms with E-state index in [9.17, 15) is 10.1 Å². The van der Waals surface area contributed by atoms with E-state index < -0.39 is 5.82 Å². The standard InChI is InChI=1S/C27H26FN5O2/c1-2-6-25-23(26(34)32(21-8-5-12-35-16-21)27-30-17-31-33(25)27)13-19-11-10-18(14-24(19)28)22-9-4-3-7-20(22)15-29/h3-4,7,9-11,14,17,21H,2,5-6,8,12-13,16H2,1H3. The fraction of sp³-hybridized carbons (Fsp3) is 0.333. The van der Waals surface area contributed by atoms with Crippen LogP contribution in [0.3, 0.4) is 0 Å². The third-order valence-electron chi connectivity index (χ3n) is 6.59. The van der Waals surface area contributed by atoms with Crippen LogP contribution in [0.15, 0.2) is 53.6 Å². The van der Waals surface area contributed by atoms with E-state index in [0.29, 0.717) is 53.2 Å². The molecular weight excluding hydrogens is 445 g/mol. The second kappa shape index (κ2) is 9.80. The lowest BCUT2D eigenvalue weighted by atomic mass is 9.96. The van der Waals surface area contributed by atoms with Gasteiger partial charge in [-0.25, -0.2) is 8.91 Å². The Morgan fingerprint density at radius 1 is 1.26 bits per heavy atom. The van der Waals surface area contributed by atoms with E-state index in [1.807, 2.05) is 13.0 Å². The average Bonchev–Trinajstić information content (AvgIpc) is 3.37. The van der Waals surface area contributed by atoms with Crippen molar-refractivity contribution in [3.63, 3.8) is 0 Å². The molecule has 2 aromatic heterocycles. The molecule has 1 saturated heterocycles. The van der Waals surface area contributed by atoms with E-state index in [2.05, 4.69) is 16.2 Å². The third-order valence-corrected chi connectivity index (χ3v) is 6.59. The molecule has 8 heteroatoms. The number of benzene rings is 2. The highest BCUT2D eigenvalue weighted by atomic mass is 19.1. The first kappa shape index (κ1) is 22.9. The predicted octanol–water partition coefficient (Wildman–Crippen LogP) is 4.46. The minimum Gasteiger partial charge on any atom is -0.379 e. The average molecular weight is 472 g/mol. The lowest BCUT2D eigenvalue weighted by molar-refractivity contribution is 0.0588. The summed E-state index contributed by atoms with van der Waals surface area (Å²) in [6.07, 6.45) is 4.72. The van der Waals surface area contributed by atoms with Crippen LogP contribution >= 0.6 is 0 Å². The summed E-state index contributed by atoms with van der Waals surface area (Å²) < 4.78 is 24.4. The van der Waals surface area contributed by atoms with E-state index >= 15 is 4.39 Å². The van der Waals surface area contributed by atoms with Gasteiger partial charge in [-0.2, -0.15) is 15.3 Å². The number of ether oxygens (including phenoxy) is 1. The van der Waals surface area contributed by atoms with E-state index in [0.717, 1.165) is 25.0 Å². The molecule has 1 aliphatic rings. The van der Waals surface area contributed by atoms with Crippen LogP contribution in [0, 0.1) is 17.1 Å². The predicted molar refractivity (Wildman–Crippen MR) is 130 cm³/mol. The molecule has 0 N–H and O–H groups in total. The van der Waals surface area contributed by atoms with Crippen molar-refractivity contribution < 1.29 is 9.13 Å². The molecule has 0 amide bonds. The van der Waals surface area contributed by atoms with E-state index in [1.54, 1.807) is 39.4 Å². The molecule has 1 unspecified atom stereocenters. The number of aryl methyl sites for hydroxylation is 1. The van der Waals surface area contributed by atoms with Gasteiger partial charge in [0.15, 0.2) is 0 Å². The van der Waals surface area contributed by atoms with Gasteiger partial charge in [0, 0.05) is 18.6 Å². The SMILES string of the molecule is CCCc1c(Cc2ccc(-c3ccccc3C#N)cc2F)c(=O)n(C2CCCOC2)c2ncnn12. The summed E-state index contributed by atoms with van der Waals surface area (Å²) in [5.41, 5.74) is 3.33. The van der Waals surface area contributed by atoms with E-state index in [1.165, 1.54) is 12.4 Å². The molecule has 2 aromatic carbocycles. The molecule has 7 nitrogen and oxygen atoms in total. The minimum atomic E-state index is -0.414. The summed E-state index contributed by atoms with van der Waals surface area (Å²) in [4.78, 5) is 18.2. The Bertz CT molecular complexity index is 1480. The lowest BCUT2D eigenvalue weighted by Gasteiger charge is -2.26. The van der Waals surface area contributed by atoms with Crippen LogP contribution in [-0.4, -0.2) is 32.4 Å². The van der Waals surface area contributed by atoms with Crippen molar-refractivity contribution in [1.29, 1.82) is 5.26 Å². The highest BCUT2D eigenvalue weighted by Gasteiger charge is 2.25. The molecule has 0 aliphatic carbocycles. The van der Waals surface area contributed by atoms with Gasteiger partial charge in [-0.1, -0.05) is 43.7 Å². The fourth-order valence-corrected chi connectivity index (χ4v) is 4.89. The van der Waals surface area contributed by atoms with Crippen molar-refractivity contribution in [2.24, 2.45) is 0 Å². The molecule has 1 fully saturated rings. The zero-order valence-electron chi connectivity index (χ0n) is 19.6. The van der Waals surface area contributed by atoms with Crippen molar-refractivity contribution in [3.8, 4) is 17.2 Å². The Labute approximate surface area is 202 Å². The van der Waals surface area contributed by atoms with Crippen LogP contribution in [0.25, 0.3) is 16.9 Å². The number of rotatable bonds is 6. The van der Waals surface area contributed by atoms with Gasteiger partial charge in [-0.15, -0.1) is 0 Å². The van der Waals surface area contributed by atoms with E-state index in [-0.39, 0.29) is 18.0 Å². The maximum Gasteiger partial charge on any atom is 0.259 e. The molecule has 178 valence electrons. The first-order valence-electron chi connectivity index (χ1n) is 11.9. The van der Waals surface area contributed by atoms with Gasteiger partial charge in [0.25, 0.3) is 5.56 Å². The van der Waals surface area contributed by atoms with Gasteiger partial charge in [-0.05, 0) is 48.1 Å². The Kier molecular flexibility index (Phi) is 6.43. The fourth-order valence-electron chi connectivity index (χ4n) is 4.89. The maximum absolute atomic E-state index is 15.4. The Hall–Kier alpha value is -3.83. The van der Waals surface area contributed by atoms with Crippen molar-refractivity contribution in [3.05, 3.63) is 87.3 Å². The number of hydrogen-bond donors (Lipinski definition) is 0. The van der Waals surface area contributed by atoms with Crippen molar-refractivity contribution >= 4 is 5.78 Å². The maximum atomic E-state index is 15.4. The van der Waals surface area contributed by atoms with Gasteiger partial charge < -0.3 is 4.74 Å². The summed E-state index contributed by atoms with van der Waals surface area (Å²) >= 11 is 0. The first-order chi connectivity index (χ1) is 17.1. The van der Waals surface area contributed by atoms with Crippen LogP contribution in [0.2, 0.25) is 0 Å². The molecule has 0 spiro atoms. The number of hydrogen-bond acceptors (Lipinski definition) is 5. The van der Waals surface area contributed by atoms with Gasteiger partial charge in [0.2, 0.25) is 5.78 Å². The summed E-state index contributed by atoms with van der Waals surface area (Å²) in [5.74, 6) is 0.0879. The Balaban J connectivity index is 1.61. The zero-order chi connectivity index (χ0) is 24.4. The van der Waals surface area contributed by atoms with Gasteiger partial charge in [-0.3, -0.25) is 9.36 Å². The van der Waals surface area contributed by atoms with Crippen LogP contribution in [0.5, 0.6) is 0 Å². The van der Waals surface area contributed by atoms with Crippen LogP contribution in [0.1, 0.15) is 54.6 Å². The molecule has 0 saturated carbocycles. The van der Waals surface area contributed by atoms with Crippen LogP contribution < -0.4 is 5.56 Å². The van der Waals surface area contributed by atoms with Crippen LogP contribution in [0.4, 0.5) is 4.39 Å². The summed E-state index contributed by atoms with van der Waals surface area (Å²) in [7, 11) is 0. The molecule has 4 aromatic rings. The second-order valence-electron chi connectivity index (χ2n) is 8.83. The van der Waals surface area contributed by atoms with Gasteiger partial charge in [0.1, 0.15) is 12.1 Å². The Morgan fingerprint density at radius 3 is 2.86 bits per heavy atom. The van der Waals surface area contributed by atoms with Gasteiger partial charge >= 0.3 is 0 Å². The zero-order valence-corrected chi connectivity index (χ0v) is 19.6. The first-order valence-corrected chi connectivity index (χ1v) is 11.9. The summed E-state index contributed by atoms with van der Waals surface area (Å²) in [6.45, 7) is 3.16. The third kappa shape index (κ3) is 4.24. The van der Waals surface area contributed by atoms with Crippen molar-refractivity contribution in [1.82, 2.24) is 19.2 Å². The smallest absolute Gasteiger partial charge is 0.259 e. The number of fused-ring (bicyclic) bond motifs is 1. The molecule has 1 atom stereocenters. The normalized spacial score (nSPS) is 15.9. The van der Waals surface area contributed by atoms with Crippen molar-refractivity contribution in [2.75, 3.05) is 13.2 Å². The molecule has 35 heavy (non-hydrogen) atoms. The van der Waals surface area contributed by atoms with Crippen molar-refractivity contribution in [2.45, 2.75) is 45.1 Å². The van der Waals surface area contributed by atoms with E-state index in [4.69, 9.17) is 4.74 Å². The highest BCUT2D eigenvalue weighted by Crippen LogP contribution is 2.27. The summed E-state index contributed by atoms with van der Waals surface area (Å²) in [5, 5.41) is 13.8. The monoisotopic (exact) mass is 471 g/mol. The minimum absolute atomic E-state index is 0.132. The number of halogens is 1.